The van der Waals surface area contributed by atoms with Gasteiger partial charge in [0.1, 0.15) is 60.6 Å². The summed E-state index contributed by atoms with van der Waals surface area (Å²) in [6, 6.07) is 85.3. The van der Waals surface area contributed by atoms with Crippen LogP contribution in [0.5, 0.6) is 23.5 Å². The first-order chi connectivity index (χ1) is 62.2. The zero-order valence-electron chi connectivity index (χ0n) is 76.8. The number of hydrogen-bond donors (Lipinski definition) is 8. The van der Waals surface area contributed by atoms with Gasteiger partial charge in [0.05, 0.1) is 48.1 Å². The Balaban J connectivity index is 0.000000167. The number of imidazole rings is 4. The number of rotatable bonds is 36. The summed E-state index contributed by atoms with van der Waals surface area (Å²) in [7, 11) is 0. The van der Waals surface area contributed by atoms with Crippen LogP contribution in [0.1, 0.15) is 155 Å². The fraction of sp³-hybridized carbons (Fsp3) is 0.308. The van der Waals surface area contributed by atoms with E-state index < -0.39 is 0 Å². The third kappa shape index (κ3) is 26.2. The molecule has 0 amide bonds. The number of aromatic nitrogens is 12. The van der Waals surface area contributed by atoms with Gasteiger partial charge in [-0.2, -0.15) is 19.9 Å². The van der Waals surface area contributed by atoms with Crippen LogP contribution in [-0.4, -0.2) is 109 Å². The summed E-state index contributed by atoms with van der Waals surface area (Å²) in [5, 5.41) is 14.2. The summed E-state index contributed by atoms with van der Waals surface area (Å²) in [6.45, 7) is 30.0. The molecule has 0 bridgehead atoms. The highest BCUT2D eigenvalue weighted by atomic mass is 35.5. The lowest BCUT2D eigenvalue weighted by Crippen LogP contribution is -3.00. The summed E-state index contributed by atoms with van der Waals surface area (Å²) in [5.74, 6) is 2.32. The van der Waals surface area contributed by atoms with Crippen LogP contribution in [0.2, 0.25) is 0 Å². The maximum absolute atomic E-state index is 6.03. The Morgan fingerprint density at radius 2 is 0.485 bits per heavy atom. The first-order valence-corrected chi connectivity index (χ1v) is 44.9. The SMILES string of the molecule is CC[C@@H](N)COc1cc(NCc2ccc(-c3ccccc3)cc2)c2ncn(C(C)C)c2n1.CC[C@@H]([NH3+])COc1cc(NCc2ccc(-c3ccccc3)cc2)c2ncn(C(C)C)c2n1.CC[C@H](N)COc1cc(NCc2ccc(-c3ccccc3)cc2)c2ncn(C(C)C)c2n1.CC[C@H]([NH3+])COc1cc(NCc2ccc(-c3ccccc3)cc2)c2ncn(C(C)C)c2n1.[Cl-].[Cl-]. The van der Waals surface area contributed by atoms with Crippen LogP contribution in [0.15, 0.2) is 268 Å². The lowest BCUT2D eigenvalue weighted by Gasteiger charge is -2.14. The summed E-state index contributed by atoms with van der Waals surface area (Å²) in [4.78, 5) is 37.4. The molecule has 0 unspecified atom stereocenters. The number of hydrogen-bond acceptors (Lipinski definition) is 18. The molecule has 130 heavy (non-hydrogen) atoms. The molecule has 16 rings (SSSR count). The van der Waals surface area contributed by atoms with Crippen LogP contribution in [0.4, 0.5) is 22.7 Å². The van der Waals surface area contributed by atoms with E-state index in [0.717, 1.165) is 93.1 Å². The van der Waals surface area contributed by atoms with E-state index in [1.165, 1.54) is 66.8 Å². The van der Waals surface area contributed by atoms with Crippen LogP contribution in [0, 0.1) is 0 Å². The lowest BCUT2D eigenvalue weighted by atomic mass is 10.0. The molecule has 680 valence electrons. The second-order valence-corrected chi connectivity index (χ2v) is 33.5. The smallest absolute Gasteiger partial charge is 0.217 e. The molecule has 0 radical (unpaired) electrons. The normalized spacial score (nSPS) is 12.1. The number of quaternary nitrogens is 2. The minimum atomic E-state index is -0.0120. The number of nitrogens with two attached hydrogens (primary N) is 2. The van der Waals surface area contributed by atoms with Crippen molar-refractivity contribution in [2.45, 2.75) is 183 Å². The first kappa shape index (κ1) is 97.7. The molecular weight excluding hydrogens is 1660 g/mol. The highest BCUT2D eigenvalue weighted by Gasteiger charge is 2.22. The second kappa shape index (κ2) is 47.9. The Morgan fingerprint density at radius 1 is 0.285 bits per heavy atom. The Labute approximate surface area is 776 Å². The molecular formula is C104H126Cl2N20O4. The van der Waals surface area contributed by atoms with E-state index in [0.29, 0.717) is 76.1 Å². The predicted molar refractivity (Wildman–Crippen MR) is 521 cm³/mol. The molecule has 14 N–H and O–H groups in total. The van der Waals surface area contributed by atoms with E-state index in [9.17, 15) is 0 Å². The van der Waals surface area contributed by atoms with Gasteiger partial charge in [-0.25, -0.2) is 19.9 Å². The molecule has 0 aliphatic rings. The van der Waals surface area contributed by atoms with E-state index >= 15 is 0 Å². The average Bonchev–Trinajstić information content (AvgIpc) is 1.65. The van der Waals surface area contributed by atoms with Gasteiger partial charge in [0.2, 0.25) is 23.5 Å². The summed E-state index contributed by atoms with van der Waals surface area (Å²) < 4.78 is 32.0. The number of ether oxygens (including phenoxy) is 4. The Kier molecular flexibility index (Phi) is 36.0. The minimum Gasteiger partial charge on any atom is -1.00 e. The van der Waals surface area contributed by atoms with Crippen molar-refractivity contribution in [2.75, 3.05) is 47.7 Å². The summed E-state index contributed by atoms with van der Waals surface area (Å²) in [6.07, 6.45) is 11.0. The van der Waals surface area contributed by atoms with Gasteiger partial charge in [-0.1, -0.05) is 246 Å². The highest BCUT2D eigenvalue weighted by Crippen LogP contribution is 2.35. The van der Waals surface area contributed by atoms with Crippen LogP contribution < -0.4 is 88.0 Å². The van der Waals surface area contributed by atoms with Crippen molar-refractivity contribution in [3.63, 3.8) is 0 Å². The predicted octanol–water partition coefficient (Wildman–Crippen LogP) is 14.2. The number of anilines is 4. The van der Waals surface area contributed by atoms with Crippen molar-refractivity contribution in [3.05, 3.63) is 290 Å². The van der Waals surface area contributed by atoms with Gasteiger partial charge < -0.3 is 106 Å². The van der Waals surface area contributed by atoms with Crippen molar-refractivity contribution >= 4 is 67.4 Å². The van der Waals surface area contributed by atoms with Gasteiger partial charge in [-0.05, 0) is 148 Å². The number of fused-ring (bicyclic) bond motifs is 4. The molecule has 0 spiro atoms. The fourth-order valence-electron chi connectivity index (χ4n) is 14.1. The molecule has 0 aliphatic heterocycles. The Hall–Kier alpha value is -12.9. The largest absolute Gasteiger partial charge is 1.00 e. The Morgan fingerprint density at radius 3 is 0.677 bits per heavy atom. The van der Waals surface area contributed by atoms with Crippen molar-refractivity contribution in [2.24, 2.45) is 11.5 Å². The van der Waals surface area contributed by atoms with Gasteiger partial charge in [-0.15, -0.1) is 0 Å². The van der Waals surface area contributed by atoms with Crippen molar-refractivity contribution in [1.29, 1.82) is 0 Å². The van der Waals surface area contributed by atoms with Crippen LogP contribution in [0.3, 0.4) is 0 Å². The average molecular weight is 1790 g/mol. The maximum Gasteiger partial charge on any atom is 0.217 e. The third-order valence-electron chi connectivity index (χ3n) is 22.5. The molecule has 26 heteroatoms. The molecule has 16 aromatic rings. The van der Waals surface area contributed by atoms with Gasteiger partial charge in [-0.3, -0.25) is 0 Å². The van der Waals surface area contributed by atoms with Crippen molar-refractivity contribution < 1.29 is 55.2 Å². The lowest BCUT2D eigenvalue weighted by molar-refractivity contribution is -0.424. The van der Waals surface area contributed by atoms with Gasteiger partial charge >= 0.3 is 0 Å². The quantitative estimate of drug-likeness (QED) is 0.0181. The summed E-state index contributed by atoms with van der Waals surface area (Å²) >= 11 is 0. The van der Waals surface area contributed by atoms with Crippen molar-refractivity contribution in [1.82, 2.24) is 58.1 Å². The van der Waals surface area contributed by atoms with Crippen molar-refractivity contribution in [3.8, 4) is 68.0 Å². The molecule has 0 fully saturated rings. The van der Waals surface area contributed by atoms with E-state index in [1.807, 2.05) is 73.8 Å². The van der Waals surface area contributed by atoms with E-state index in [4.69, 9.17) is 50.4 Å². The molecule has 8 heterocycles. The number of halogens is 2. The molecule has 0 aliphatic carbocycles. The monoisotopic (exact) mass is 1790 g/mol. The molecule has 0 saturated carbocycles. The molecule has 0 saturated heterocycles. The standard InChI is InChI=1S/4C26H31N5O.2ClH/c4*1-4-22(27)16-32-24-14-23(25-26(30-24)31(17-29-25)18(2)3)28-15-19-10-12-21(13-11-19)20-8-6-5-7-9-20;;/h4*5-14,17-18,22H,4,15-16,27H2,1-3H3,(H,28,30);2*1H/t4*22-;;/m1100../s1. The third-order valence-corrected chi connectivity index (χ3v) is 22.5. The van der Waals surface area contributed by atoms with Gasteiger partial charge in [0.25, 0.3) is 0 Å². The number of pyridine rings is 4. The Bertz CT molecular complexity index is 5370. The maximum atomic E-state index is 6.03. The van der Waals surface area contributed by atoms with Gasteiger partial charge in [0, 0.05) is 86.7 Å². The van der Waals surface area contributed by atoms with E-state index in [1.54, 1.807) is 0 Å². The van der Waals surface area contributed by atoms with E-state index in [2.05, 4.69) is 348 Å². The molecule has 4 atom stereocenters. The second-order valence-electron chi connectivity index (χ2n) is 33.5. The van der Waals surface area contributed by atoms with E-state index in [-0.39, 0.29) is 73.1 Å². The topological polar surface area (TPSA) is 315 Å². The number of nitrogens with zero attached hydrogens (tertiary/aromatic N) is 12. The fourth-order valence-corrected chi connectivity index (χ4v) is 14.1. The zero-order chi connectivity index (χ0) is 90.0. The summed E-state index contributed by atoms with van der Waals surface area (Å²) in [5.41, 5.74) is 45.1. The number of benzene rings is 8. The highest BCUT2D eigenvalue weighted by molar-refractivity contribution is 5.90. The van der Waals surface area contributed by atoms with Crippen LogP contribution >= 0.6 is 0 Å². The molecule has 8 aromatic carbocycles. The minimum absolute atomic E-state index is 0. The van der Waals surface area contributed by atoms with Crippen LogP contribution in [0.25, 0.3) is 89.2 Å². The molecule has 8 aromatic heterocycles. The molecule has 24 nitrogen and oxygen atoms in total. The first-order valence-electron chi connectivity index (χ1n) is 44.9. The van der Waals surface area contributed by atoms with Crippen LogP contribution in [-0.2, 0) is 26.2 Å². The van der Waals surface area contributed by atoms with Gasteiger partial charge in [0.15, 0.2) is 22.6 Å². The number of nitrogens with one attached hydrogen (secondary N) is 4. The zero-order valence-corrected chi connectivity index (χ0v) is 78.3.